The van der Waals surface area contributed by atoms with E-state index in [4.69, 9.17) is 0 Å². The molecule has 94 valence electrons. The van der Waals surface area contributed by atoms with Crippen LogP contribution in [0.2, 0.25) is 0 Å². The number of amides is 1. The van der Waals surface area contributed by atoms with Crippen molar-refractivity contribution in [2.24, 2.45) is 0 Å². The minimum Gasteiger partial charge on any atom is -0.323 e. The molecule has 3 nitrogen and oxygen atoms in total. The zero-order chi connectivity index (χ0) is 13.2. The molecule has 3 heteroatoms. The molecule has 1 aromatic rings. The second kappa shape index (κ2) is 4.81. The van der Waals surface area contributed by atoms with Crippen molar-refractivity contribution in [3.05, 3.63) is 35.4 Å². The van der Waals surface area contributed by atoms with Gasteiger partial charge >= 0.3 is 0 Å². The molecule has 0 aromatic heterocycles. The molecule has 1 fully saturated rings. The van der Waals surface area contributed by atoms with Crippen LogP contribution >= 0.6 is 0 Å². The van der Waals surface area contributed by atoms with Gasteiger partial charge in [-0.05, 0) is 37.3 Å². The molecule has 0 saturated heterocycles. The first-order chi connectivity index (χ1) is 8.64. The first-order valence-corrected chi connectivity index (χ1v) is 6.42. The van der Waals surface area contributed by atoms with Crippen LogP contribution < -0.4 is 0 Å². The molecule has 0 N–H and O–H groups in total. The van der Waals surface area contributed by atoms with Gasteiger partial charge in [0.25, 0.3) is 5.91 Å². The summed E-state index contributed by atoms with van der Waals surface area (Å²) in [7, 11) is 1.75. The SMILES string of the molecule is CCc1ccccc1C(=O)N(C)C1(C#N)CCC1. The minimum atomic E-state index is -0.571. The zero-order valence-corrected chi connectivity index (χ0v) is 10.9. The Bertz CT molecular complexity index is 497. The lowest BCUT2D eigenvalue weighted by Gasteiger charge is -2.43. The van der Waals surface area contributed by atoms with Crippen molar-refractivity contribution in [2.75, 3.05) is 7.05 Å². The van der Waals surface area contributed by atoms with E-state index in [0.29, 0.717) is 0 Å². The maximum Gasteiger partial charge on any atom is 0.255 e. The Hall–Kier alpha value is -1.82. The van der Waals surface area contributed by atoms with Crippen LogP contribution in [0, 0.1) is 11.3 Å². The molecular formula is C15H18N2O. The monoisotopic (exact) mass is 242 g/mol. The summed E-state index contributed by atoms with van der Waals surface area (Å²) < 4.78 is 0. The van der Waals surface area contributed by atoms with E-state index in [9.17, 15) is 10.1 Å². The predicted octanol–water partition coefficient (Wildman–Crippen LogP) is 2.77. The molecule has 1 amide bonds. The molecule has 18 heavy (non-hydrogen) atoms. The lowest BCUT2D eigenvalue weighted by atomic mass is 9.76. The Morgan fingerprint density at radius 1 is 1.44 bits per heavy atom. The molecule has 2 rings (SSSR count). The average Bonchev–Trinajstić information content (AvgIpc) is 2.37. The fourth-order valence-electron chi connectivity index (χ4n) is 2.45. The van der Waals surface area contributed by atoms with Gasteiger partial charge in [0.1, 0.15) is 5.54 Å². The number of carbonyl (C=O) groups is 1. The summed E-state index contributed by atoms with van der Waals surface area (Å²) in [5, 5.41) is 9.29. The van der Waals surface area contributed by atoms with E-state index in [1.807, 2.05) is 31.2 Å². The third-order valence-electron chi connectivity index (χ3n) is 3.96. The lowest BCUT2D eigenvalue weighted by Crippen LogP contribution is -2.53. The quantitative estimate of drug-likeness (QED) is 0.818. The van der Waals surface area contributed by atoms with Crippen LogP contribution in [0.1, 0.15) is 42.1 Å². The number of nitriles is 1. The van der Waals surface area contributed by atoms with Crippen molar-refractivity contribution in [1.82, 2.24) is 4.90 Å². The van der Waals surface area contributed by atoms with Gasteiger partial charge < -0.3 is 4.90 Å². The molecule has 0 heterocycles. The smallest absolute Gasteiger partial charge is 0.255 e. The van der Waals surface area contributed by atoms with Crippen LogP contribution in [0.15, 0.2) is 24.3 Å². The summed E-state index contributed by atoms with van der Waals surface area (Å²) in [6.45, 7) is 2.04. The highest BCUT2D eigenvalue weighted by molar-refractivity contribution is 5.96. The predicted molar refractivity (Wildman–Crippen MR) is 70.1 cm³/mol. The molecule has 0 bridgehead atoms. The largest absolute Gasteiger partial charge is 0.323 e. The number of carbonyl (C=O) groups excluding carboxylic acids is 1. The first-order valence-electron chi connectivity index (χ1n) is 6.42. The maximum atomic E-state index is 12.5. The number of hydrogen-bond acceptors (Lipinski definition) is 2. The normalized spacial score (nSPS) is 16.5. The Morgan fingerprint density at radius 2 is 2.11 bits per heavy atom. The summed E-state index contributed by atoms with van der Waals surface area (Å²) >= 11 is 0. The number of rotatable bonds is 3. The van der Waals surface area contributed by atoms with Crippen molar-refractivity contribution < 1.29 is 4.79 Å². The molecule has 0 atom stereocenters. The van der Waals surface area contributed by atoms with Crippen LogP contribution in [0.4, 0.5) is 0 Å². The summed E-state index contributed by atoms with van der Waals surface area (Å²) in [5.74, 6) is -0.0336. The highest BCUT2D eigenvalue weighted by Gasteiger charge is 2.43. The van der Waals surface area contributed by atoms with Gasteiger partial charge in [0.05, 0.1) is 6.07 Å². The molecule has 1 aliphatic rings. The first kappa shape index (κ1) is 12.6. The van der Waals surface area contributed by atoms with Gasteiger partial charge in [0, 0.05) is 12.6 Å². The third-order valence-corrected chi connectivity index (χ3v) is 3.96. The highest BCUT2D eigenvalue weighted by atomic mass is 16.2. The fraction of sp³-hybridized carbons (Fsp3) is 0.467. The Morgan fingerprint density at radius 3 is 2.61 bits per heavy atom. The Labute approximate surface area is 108 Å². The lowest BCUT2D eigenvalue weighted by molar-refractivity contribution is 0.0496. The molecule has 0 aliphatic heterocycles. The number of nitrogens with zero attached hydrogens (tertiary/aromatic N) is 2. The fourth-order valence-corrected chi connectivity index (χ4v) is 2.45. The standard InChI is InChI=1S/C15H18N2O/c1-3-12-7-4-5-8-13(12)14(18)17(2)15(11-16)9-6-10-15/h4-5,7-8H,3,6,9-10H2,1-2H3. The van der Waals surface area contributed by atoms with E-state index < -0.39 is 5.54 Å². The summed E-state index contributed by atoms with van der Waals surface area (Å²) in [6, 6.07) is 9.95. The molecule has 0 unspecified atom stereocenters. The van der Waals surface area contributed by atoms with Gasteiger partial charge in [0.2, 0.25) is 0 Å². The molecule has 1 aromatic carbocycles. The van der Waals surface area contributed by atoms with Crippen molar-refractivity contribution in [3.8, 4) is 6.07 Å². The molecule has 0 spiro atoms. The molecule has 1 saturated carbocycles. The molecule has 1 aliphatic carbocycles. The van der Waals surface area contributed by atoms with E-state index >= 15 is 0 Å². The summed E-state index contributed by atoms with van der Waals surface area (Å²) in [6.07, 6.45) is 3.44. The Kier molecular flexibility index (Phi) is 3.38. The van der Waals surface area contributed by atoms with Crippen molar-refractivity contribution in [1.29, 1.82) is 5.26 Å². The van der Waals surface area contributed by atoms with E-state index in [1.165, 1.54) is 0 Å². The highest BCUT2D eigenvalue weighted by Crippen LogP contribution is 2.37. The van der Waals surface area contributed by atoms with E-state index in [-0.39, 0.29) is 5.91 Å². The number of hydrogen-bond donors (Lipinski definition) is 0. The van der Waals surface area contributed by atoms with Gasteiger partial charge in [-0.1, -0.05) is 25.1 Å². The van der Waals surface area contributed by atoms with Crippen LogP contribution in [0.5, 0.6) is 0 Å². The molecule has 0 radical (unpaired) electrons. The zero-order valence-electron chi connectivity index (χ0n) is 10.9. The third kappa shape index (κ3) is 1.88. The van der Waals surface area contributed by atoms with Gasteiger partial charge in [-0.2, -0.15) is 5.26 Å². The topological polar surface area (TPSA) is 44.1 Å². The average molecular weight is 242 g/mol. The summed E-state index contributed by atoms with van der Waals surface area (Å²) in [4.78, 5) is 14.1. The van der Waals surface area contributed by atoms with Crippen molar-refractivity contribution in [3.63, 3.8) is 0 Å². The maximum absolute atomic E-state index is 12.5. The number of benzene rings is 1. The second-order valence-corrected chi connectivity index (χ2v) is 4.87. The van der Waals surface area contributed by atoms with Crippen molar-refractivity contribution in [2.45, 2.75) is 38.1 Å². The minimum absolute atomic E-state index is 0.0336. The van der Waals surface area contributed by atoms with E-state index in [0.717, 1.165) is 36.8 Å². The van der Waals surface area contributed by atoms with E-state index in [1.54, 1.807) is 11.9 Å². The molecular weight excluding hydrogens is 224 g/mol. The van der Waals surface area contributed by atoms with Gasteiger partial charge in [0.15, 0.2) is 0 Å². The van der Waals surface area contributed by atoms with Crippen LogP contribution in [0.25, 0.3) is 0 Å². The van der Waals surface area contributed by atoms with Gasteiger partial charge in [-0.3, -0.25) is 4.79 Å². The van der Waals surface area contributed by atoms with Crippen LogP contribution in [-0.4, -0.2) is 23.4 Å². The van der Waals surface area contributed by atoms with Crippen LogP contribution in [-0.2, 0) is 6.42 Å². The second-order valence-electron chi connectivity index (χ2n) is 4.87. The van der Waals surface area contributed by atoms with Gasteiger partial charge in [-0.15, -0.1) is 0 Å². The van der Waals surface area contributed by atoms with E-state index in [2.05, 4.69) is 6.07 Å². The number of aryl methyl sites for hydroxylation is 1. The summed E-state index contributed by atoms with van der Waals surface area (Å²) in [5.41, 5.74) is 1.20. The van der Waals surface area contributed by atoms with Gasteiger partial charge in [-0.25, -0.2) is 0 Å². The van der Waals surface area contributed by atoms with Crippen LogP contribution in [0.3, 0.4) is 0 Å². The van der Waals surface area contributed by atoms with Crippen molar-refractivity contribution >= 4 is 5.91 Å². The Balaban J connectivity index is 2.29.